The van der Waals surface area contributed by atoms with E-state index < -0.39 is 22.6 Å². The smallest absolute Gasteiger partial charge is 0.310 e. The van der Waals surface area contributed by atoms with E-state index in [0.717, 1.165) is 25.7 Å². The van der Waals surface area contributed by atoms with Crippen molar-refractivity contribution in [2.24, 2.45) is 11.8 Å². The Morgan fingerprint density at radius 3 is 2.60 bits per heavy atom. The molecule has 3 heterocycles. The van der Waals surface area contributed by atoms with Gasteiger partial charge >= 0.3 is 5.97 Å². The van der Waals surface area contributed by atoms with Crippen LogP contribution in [0.2, 0.25) is 5.02 Å². The summed E-state index contributed by atoms with van der Waals surface area (Å²) in [4.78, 5) is 45.5. The number of hydrogen-bond donors (Lipinski definition) is 1. The number of nitrogens with zero attached hydrogens (tertiary/aromatic N) is 2. The number of esters is 1. The number of unbranched alkanes of at least 4 members (excludes halogenated alkanes) is 4. The lowest BCUT2D eigenvalue weighted by molar-refractivity contribution is -0.154. The highest BCUT2D eigenvalue weighted by Gasteiger charge is 2.76. The van der Waals surface area contributed by atoms with Crippen molar-refractivity contribution in [1.29, 1.82) is 0 Å². The number of allylic oxidation sites excluding steroid dienone is 1. The number of amides is 2. The van der Waals surface area contributed by atoms with Crippen molar-refractivity contribution >= 4 is 62.8 Å². The zero-order chi connectivity index (χ0) is 28.9. The van der Waals surface area contributed by atoms with Gasteiger partial charge in [-0.3, -0.25) is 14.4 Å². The molecule has 10 heteroatoms. The number of hydrogen-bond acceptors (Lipinski definition) is 6. The third kappa shape index (κ3) is 6.03. The Kier molecular flexibility index (Phi) is 10.8. The van der Waals surface area contributed by atoms with E-state index in [0.29, 0.717) is 43.1 Å². The number of aliphatic hydroxyl groups is 1. The van der Waals surface area contributed by atoms with Crippen LogP contribution >= 0.6 is 39.3 Å². The number of ether oxygens (including phenoxy) is 1. The number of benzene rings is 1. The van der Waals surface area contributed by atoms with E-state index in [1.165, 1.54) is 0 Å². The van der Waals surface area contributed by atoms with Crippen LogP contribution in [0.5, 0.6) is 0 Å². The fourth-order valence-corrected chi connectivity index (χ4v) is 10.1. The summed E-state index contributed by atoms with van der Waals surface area (Å²) in [6.45, 7) is 8.63. The first-order valence-corrected chi connectivity index (χ1v) is 16.2. The zero-order valence-electron chi connectivity index (χ0n) is 22.7. The van der Waals surface area contributed by atoms with Crippen molar-refractivity contribution in [3.05, 3.63) is 54.6 Å². The predicted octanol–water partition coefficient (Wildman–Crippen LogP) is 5.39. The number of alkyl halides is 1. The molecule has 3 fully saturated rings. The van der Waals surface area contributed by atoms with Crippen molar-refractivity contribution in [3.63, 3.8) is 0 Å². The molecule has 0 saturated carbocycles. The van der Waals surface area contributed by atoms with Crippen molar-refractivity contribution < 1.29 is 24.2 Å². The molecule has 1 aromatic carbocycles. The van der Waals surface area contributed by atoms with Gasteiger partial charge in [0, 0.05) is 40.5 Å². The molecular weight excluding hydrogens is 616 g/mol. The van der Waals surface area contributed by atoms with Gasteiger partial charge in [0.2, 0.25) is 5.91 Å². The van der Waals surface area contributed by atoms with Crippen molar-refractivity contribution in [1.82, 2.24) is 4.90 Å². The largest absolute Gasteiger partial charge is 0.465 e. The molecule has 40 heavy (non-hydrogen) atoms. The standard InChI is InChI=1S/C30H38BrClN2O5S/c1-3-5-6-10-18-39-29(38)23-24-27(36)34(16-8-7-9-17-35)26(30(24)19-22(31)25(23)40-30)28(37)33(15-4-2)21-13-11-20(32)12-14-21/h3-4,11-14,22-26,35H,1-2,5-10,15-19H2/t22?,23-,24-,25-,26?,30?/m0/s1. The lowest BCUT2D eigenvalue weighted by Crippen LogP contribution is -2.55. The fraction of sp³-hybridized carbons (Fsp3) is 0.567. The molecule has 2 bridgehead atoms. The molecule has 1 N–H and O–H groups in total. The second kappa shape index (κ2) is 13.9. The molecule has 6 atom stereocenters. The molecule has 3 aliphatic heterocycles. The number of likely N-dealkylation sites (tertiary alicyclic amines) is 1. The summed E-state index contributed by atoms with van der Waals surface area (Å²) in [5.74, 6) is -1.93. The van der Waals surface area contributed by atoms with E-state index in [2.05, 4.69) is 29.1 Å². The molecule has 2 amide bonds. The second-order valence-corrected chi connectivity index (χ2v) is 13.8. The molecule has 1 spiro atoms. The van der Waals surface area contributed by atoms with Gasteiger partial charge in [-0.25, -0.2) is 0 Å². The molecule has 3 aliphatic rings. The minimum absolute atomic E-state index is 0.0205. The summed E-state index contributed by atoms with van der Waals surface area (Å²) in [7, 11) is 0. The Labute approximate surface area is 254 Å². The Bertz CT molecular complexity index is 1100. The first kappa shape index (κ1) is 31.1. The summed E-state index contributed by atoms with van der Waals surface area (Å²) in [5.41, 5.74) is 0.672. The number of anilines is 1. The monoisotopic (exact) mass is 652 g/mol. The first-order valence-electron chi connectivity index (χ1n) is 14.0. The maximum absolute atomic E-state index is 14.5. The van der Waals surface area contributed by atoms with E-state index in [-0.39, 0.29) is 41.0 Å². The van der Waals surface area contributed by atoms with E-state index in [9.17, 15) is 19.5 Å². The number of aliphatic hydroxyl groups excluding tert-OH is 1. The summed E-state index contributed by atoms with van der Waals surface area (Å²) in [6, 6.07) is 6.31. The highest BCUT2D eigenvalue weighted by molar-refractivity contribution is 9.09. The van der Waals surface area contributed by atoms with Crippen LogP contribution in [0, 0.1) is 11.8 Å². The second-order valence-electron chi connectivity index (χ2n) is 10.6. The van der Waals surface area contributed by atoms with Crippen molar-refractivity contribution in [3.8, 4) is 0 Å². The molecule has 0 aromatic heterocycles. The van der Waals surface area contributed by atoms with Gasteiger partial charge in [-0.05, 0) is 69.2 Å². The number of fused-ring (bicyclic) bond motifs is 1. The average Bonchev–Trinajstić information content (AvgIpc) is 3.53. The van der Waals surface area contributed by atoms with Crippen LogP contribution in [0.4, 0.5) is 5.69 Å². The van der Waals surface area contributed by atoms with E-state index >= 15 is 0 Å². The Morgan fingerprint density at radius 2 is 1.93 bits per heavy atom. The van der Waals surface area contributed by atoms with Gasteiger partial charge in [-0.1, -0.05) is 39.7 Å². The topological polar surface area (TPSA) is 87.1 Å². The predicted molar refractivity (Wildman–Crippen MR) is 164 cm³/mol. The van der Waals surface area contributed by atoms with Crippen molar-refractivity contribution in [2.45, 2.75) is 65.8 Å². The Morgan fingerprint density at radius 1 is 1.18 bits per heavy atom. The van der Waals surface area contributed by atoms with Crippen LogP contribution < -0.4 is 4.90 Å². The SMILES string of the molecule is C=CCCCCOC(=O)[C@H]1[C@H]2C(=O)N(CCCCCO)C(C(=O)N(CC=C)c3ccc(Cl)cc3)C23CC(Br)[C@@H]1S3. The summed E-state index contributed by atoms with van der Waals surface area (Å²) < 4.78 is 4.96. The minimum atomic E-state index is -0.748. The third-order valence-electron chi connectivity index (χ3n) is 8.12. The molecule has 1 aromatic rings. The van der Waals surface area contributed by atoms with Crippen LogP contribution in [0.15, 0.2) is 49.6 Å². The number of carbonyl (C=O) groups excluding carboxylic acids is 3. The number of thioether (sulfide) groups is 1. The molecular formula is C30H38BrClN2O5S. The van der Waals surface area contributed by atoms with Gasteiger partial charge in [-0.15, -0.1) is 24.9 Å². The molecule has 218 valence electrons. The fourth-order valence-electron chi connectivity index (χ4n) is 6.37. The van der Waals surface area contributed by atoms with Crippen molar-refractivity contribution in [2.75, 3.05) is 31.2 Å². The average molecular weight is 654 g/mol. The first-order chi connectivity index (χ1) is 19.3. The van der Waals surface area contributed by atoms with E-state index in [1.54, 1.807) is 51.9 Å². The summed E-state index contributed by atoms with van der Waals surface area (Å²) in [5, 5.41) is 9.68. The van der Waals surface area contributed by atoms with Crippen LogP contribution in [-0.2, 0) is 19.1 Å². The summed E-state index contributed by atoms with van der Waals surface area (Å²) >= 11 is 11.5. The number of carbonyl (C=O) groups is 3. The highest BCUT2D eigenvalue weighted by Crippen LogP contribution is 2.68. The van der Waals surface area contributed by atoms with E-state index in [4.69, 9.17) is 16.3 Å². The van der Waals surface area contributed by atoms with Gasteiger partial charge in [0.05, 0.1) is 23.2 Å². The van der Waals surface area contributed by atoms with Crippen LogP contribution in [0.3, 0.4) is 0 Å². The summed E-state index contributed by atoms with van der Waals surface area (Å²) in [6.07, 6.45) is 8.62. The molecule has 7 nitrogen and oxygen atoms in total. The van der Waals surface area contributed by atoms with Crippen LogP contribution in [0.1, 0.15) is 44.9 Å². The number of halogens is 2. The van der Waals surface area contributed by atoms with Gasteiger partial charge in [0.15, 0.2) is 0 Å². The molecule has 0 radical (unpaired) electrons. The van der Waals surface area contributed by atoms with Gasteiger partial charge in [-0.2, -0.15) is 0 Å². The minimum Gasteiger partial charge on any atom is -0.465 e. The molecule has 3 saturated heterocycles. The third-order valence-corrected chi connectivity index (χ3v) is 11.6. The lowest BCUT2D eigenvalue weighted by Gasteiger charge is -2.37. The van der Waals surface area contributed by atoms with Gasteiger partial charge < -0.3 is 19.6 Å². The highest BCUT2D eigenvalue weighted by atomic mass is 79.9. The normalized spacial score (nSPS) is 28.4. The van der Waals surface area contributed by atoms with Crippen LogP contribution in [-0.4, -0.2) is 75.0 Å². The maximum Gasteiger partial charge on any atom is 0.310 e. The van der Waals surface area contributed by atoms with Crippen LogP contribution in [0.25, 0.3) is 0 Å². The number of rotatable bonds is 15. The lowest BCUT2D eigenvalue weighted by atomic mass is 9.71. The van der Waals surface area contributed by atoms with E-state index in [1.807, 2.05) is 6.08 Å². The molecule has 4 rings (SSSR count). The zero-order valence-corrected chi connectivity index (χ0v) is 25.8. The quantitative estimate of drug-likeness (QED) is 0.118. The van der Waals surface area contributed by atoms with Gasteiger partial charge in [0.1, 0.15) is 6.04 Å². The Hall–Kier alpha value is -1.81. The molecule has 0 aliphatic carbocycles. The Balaban J connectivity index is 1.67. The molecule has 3 unspecified atom stereocenters. The van der Waals surface area contributed by atoms with Gasteiger partial charge in [0.25, 0.3) is 5.91 Å². The maximum atomic E-state index is 14.5.